The fraction of sp³-hybridized carbons (Fsp3) is 0.727. The van der Waals surface area contributed by atoms with Crippen molar-refractivity contribution in [1.82, 2.24) is 15.5 Å². The Morgan fingerprint density at radius 3 is 2.35 bits per heavy atom. The van der Waals surface area contributed by atoms with Crippen molar-refractivity contribution in [2.75, 3.05) is 26.2 Å². The lowest BCUT2D eigenvalue weighted by molar-refractivity contribution is -0.134. The molecule has 3 rings (SSSR count). The molecule has 3 atom stereocenters. The highest BCUT2D eigenvalue weighted by Crippen LogP contribution is 2.29. The Kier molecular flexibility index (Phi) is 2.39. The molecule has 6 nitrogen and oxygen atoms in total. The van der Waals surface area contributed by atoms with E-state index in [1.165, 1.54) is 0 Å². The van der Waals surface area contributed by atoms with Gasteiger partial charge in [-0.15, -0.1) is 0 Å². The summed E-state index contributed by atoms with van der Waals surface area (Å²) in [6.07, 6.45) is 0.852. The van der Waals surface area contributed by atoms with E-state index in [-0.39, 0.29) is 35.5 Å². The van der Waals surface area contributed by atoms with Crippen molar-refractivity contribution in [2.45, 2.75) is 6.42 Å². The van der Waals surface area contributed by atoms with Crippen molar-refractivity contribution in [2.24, 2.45) is 17.8 Å². The molecule has 0 saturated carbocycles. The molecule has 3 aliphatic heterocycles. The highest BCUT2D eigenvalue weighted by molar-refractivity contribution is 6.06. The van der Waals surface area contributed by atoms with Gasteiger partial charge in [-0.05, 0) is 13.0 Å². The molecule has 17 heavy (non-hydrogen) atoms. The maximum atomic E-state index is 12.1. The van der Waals surface area contributed by atoms with Gasteiger partial charge in [0.2, 0.25) is 17.7 Å². The first-order chi connectivity index (χ1) is 8.16. The lowest BCUT2D eigenvalue weighted by atomic mass is 10.00. The smallest absolute Gasteiger partial charge is 0.232 e. The molecule has 0 spiro atoms. The fourth-order valence-corrected chi connectivity index (χ4v) is 2.95. The number of nitrogens with zero attached hydrogens (tertiary/aromatic N) is 1. The van der Waals surface area contributed by atoms with Crippen LogP contribution in [0, 0.1) is 17.8 Å². The lowest BCUT2D eigenvalue weighted by Gasteiger charge is -2.20. The highest BCUT2D eigenvalue weighted by atomic mass is 16.2. The van der Waals surface area contributed by atoms with Crippen molar-refractivity contribution < 1.29 is 14.4 Å². The van der Waals surface area contributed by atoms with Crippen molar-refractivity contribution in [3.05, 3.63) is 0 Å². The van der Waals surface area contributed by atoms with E-state index in [1.54, 1.807) is 4.90 Å². The summed E-state index contributed by atoms with van der Waals surface area (Å²) in [6.45, 7) is 2.39. The van der Waals surface area contributed by atoms with Crippen LogP contribution < -0.4 is 10.6 Å². The number of hydrogen-bond acceptors (Lipinski definition) is 4. The number of hydrogen-bond donors (Lipinski definition) is 2. The van der Waals surface area contributed by atoms with Gasteiger partial charge >= 0.3 is 0 Å². The summed E-state index contributed by atoms with van der Waals surface area (Å²) >= 11 is 0. The standard InChI is InChI=1S/C11H15N3O3/c15-9-7-4-14(5-8(7)10(16)13-9)11(17)6-1-2-12-3-6/h6-8,12H,1-5H2,(H,13,15,16). The third-order valence-corrected chi connectivity index (χ3v) is 3.96. The number of rotatable bonds is 1. The van der Waals surface area contributed by atoms with Gasteiger partial charge in [0.1, 0.15) is 0 Å². The molecule has 3 saturated heterocycles. The molecule has 2 N–H and O–H groups in total. The van der Waals surface area contributed by atoms with Crippen LogP contribution in [-0.4, -0.2) is 48.8 Å². The minimum Gasteiger partial charge on any atom is -0.341 e. The van der Waals surface area contributed by atoms with Crippen LogP contribution in [0.25, 0.3) is 0 Å². The summed E-state index contributed by atoms with van der Waals surface area (Å²) in [5.74, 6) is -0.974. The topological polar surface area (TPSA) is 78.5 Å². The number of nitrogens with one attached hydrogen (secondary N) is 2. The Balaban J connectivity index is 1.70. The Bertz CT molecular complexity index is 367. The number of amides is 3. The van der Waals surface area contributed by atoms with Gasteiger partial charge in [0.25, 0.3) is 0 Å². The molecule has 3 unspecified atom stereocenters. The number of imide groups is 1. The molecule has 3 amide bonds. The molecular weight excluding hydrogens is 222 g/mol. The predicted molar refractivity (Wildman–Crippen MR) is 57.7 cm³/mol. The van der Waals surface area contributed by atoms with Gasteiger partial charge < -0.3 is 10.2 Å². The maximum Gasteiger partial charge on any atom is 0.232 e. The third-order valence-electron chi connectivity index (χ3n) is 3.96. The van der Waals surface area contributed by atoms with E-state index in [4.69, 9.17) is 0 Å². The molecule has 3 heterocycles. The number of carbonyl (C=O) groups excluding carboxylic acids is 3. The summed E-state index contributed by atoms with van der Waals surface area (Å²) in [5, 5.41) is 5.47. The van der Waals surface area contributed by atoms with E-state index in [1.807, 2.05) is 0 Å². The summed E-state index contributed by atoms with van der Waals surface area (Å²) in [6, 6.07) is 0. The molecule has 0 aromatic carbocycles. The van der Waals surface area contributed by atoms with Crippen LogP contribution >= 0.6 is 0 Å². The van der Waals surface area contributed by atoms with E-state index < -0.39 is 0 Å². The molecule has 0 aromatic heterocycles. The second kappa shape index (κ2) is 3.80. The molecule has 3 aliphatic rings. The van der Waals surface area contributed by atoms with Crippen LogP contribution in [0.3, 0.4) is 0 Å². The lowest BCUT2D eigenvalue weighted by Crippen LogP contribution is -2.39. The summed E-state index contributed by atoms with van der Waals surface area (Å²) in [5.41, 5.74) is 0. The van der Waals surface area contributed by atoms with E-state index in [9.17, 15) is 14.4 Å². The highest BCUT2D eigenvalue weighted by Gasteiger charge is 2.49. The van der Waals surface area contributed by atoms with Gasteiger partial charge in [-0.1, -0.05) is 0 Å². The molecule has 92 valence electrons. The number of carbonyl (C=O) groups is 3. The minimum atomic E-state index is -0.319. The van der Waals surface area contributed by atoms with E-state index in [0.29, 0.717) is 19.6 Å². The van der Waals surface area contributed by atoms with Gasteiger partial charge in [0, 0.05) is 19.6 Å². The molecule has 0 bridgehead atoms. The first kappa shape index (κ1) is 10.7. The Hall–Kier alpha value is -1.43. The van der Waals surface area contributed by atoms with Crippen LogP contribution in [0.2, 0.25) is 0 Å². The fourth-order valence-electron chi connectivity index (χ4n) is 2.95. The number of likely N-dealkylation sites (tertiary alicyclic amines) is 1. The molecular formula is C11H15N3O3. The second-order valence-corrected chi connectivity index (χ2v) is 5.00. The van der Waals surface area contributed by atoms with E-state index in [2.05, 4.69) is 10.6 Å². The van der Waals surface area contributed by atoms with Crippen molar-refractivity contribution in [3.8, 4) is 0 Å². The average molecular weight is 237 g/mol. The molecule has 0 radical (unpaired) electrons. The first-order valence-electron chi connectivity index (χ1n) is 6.01. The van der Waals surface area contributed by atoms with Gasteiger partial charge in [0.05, 0.1) is 17.8 Å². The Morgan fingerprint density at radius 1 is 1.18 bits per heavy atom. The monoisotopic (exact) mass is 237 g/mol. The van der Waals surface area contributed by atoms with Gasteiger partial charge in [-0.25, -0.2) is 0 Å². The SMILES string of the molecule is O=C1NC(=O)C2CN(C(=O)C3CCNC3)CC12. The van der Waals surface area contributed by atoms with Crippen molar-refractivity contribution in [1.29, 1.82) is 0 Å². The predicted octanol–water partition coefficient (Wildman–Crippen LogP) is -1.67. The van der Waals surface area contributed by atoms with Crippen molar-refractivity contribution >= 4 is 17.7 Å². The summed E-state index contributed by atoms with van der Waals surface area (Å²) in [4.78, 5) is 36.8. The molecule has 3 fully saturated rings. The quantitative estimate of drug-likeness (QED) is 0.534. The normalized spacial score (nSPS) is 36.2. The minimum absolute atomic E-state index is 0.0204. The van der Waals surface area contributed by atoms with Crippen LogP contribution in [0.5, 0.6) is 0 Å². The van der Waals surface area contributed by atoms with Gasteiger partial charge in [-0.3, -0.25) is 19.7 Å². The maximum absolute atomic E-state index is 12.1. The average Bonchev–Trinajstić information content (AvgIpc) is 3.00. The third kappa shape index (κ3) is 1.63. The van der Waals surface area contributed by atoms with Gasteiger partial charge in [0.15, 0.2) is 0 Å². The van der Waals surface area contributed by atoms with Crippen LogP contribution in [0.1, 0.15) is 6.42 Å². The zero-order valence-corrected chi connectivity index (χ0v) is 9.44. The summed E-state index contributed by atoms with van der Waals surface area (Å²) < 4.78 is 0. The molecule has 0 aliphatic carbocycles. The molecule has 0 aromatic rings. The Morgan fingerprint density at radius 2 is 1.82 bits per heavy atom. The van der Waals surface area contributed by atoms with Crippen LogP contribution in [0.4, 0.5) is 0 Å². The molecule has 6 heteroatoms. The van der Waals surface area contributed by atoms with Crippen molar-refractivity contribution in [3.63, 3.8) is 0 Å². The zero-order chi connectivity index (χ0) is 12.0. The second-order valence-electron chi connectivity index (χ2n) is 5.00. The van der Waals surface area contributed by atoms with E-state index >= 15 is 0 Å². The van der Waals surface area contributed by atoms with Crippen LogP contribution in [0.15, 0.2) is 0 Å². The zero-order valence-electron chi connectivity index (χ0n) is 9.44. The van der Waals surface area contributed by atoms with Gasteiger partial charge in [-0.2, -0.15) is 0 Å². The Labute approximate surface area is 98.7 Å². The van der Waals surface area contributed by atoms with E-state index in [0.717, 1.165) is 13.0 Å². The number of fused-ring (bicyclic) bond motifs is 1. The van der Waals surface area contributed by atoms with Crippen LogP contribution in [-0.2, 0) is 14.4 Å². The largest absolute Gasteiger partial charge is 0.341 e. The summed E-state index contributed by atoms with van der Waals surface area (Å²) in [7, 11) is 0. The first-order valence-corrected chi connectivity index (χ1v) is 6.01.